The summed E-state index contributed by atoms with van der Waals surface area (Å²) in [6.45, 7) is 2.60. The maximum atomic E-state index is 12.0. The van der Waals surface area contributed by atoms with E-state index in [1.807, 2.05) is 4.90 Å². The molecule has 94 valence electrons. The second-order valence-electron chi connectivity index (χ2n) is 4.99. The van der Waals surface area contributed by atoms with E-state index in [0.717, 1.165) is 19.5 Å². The number of fused-ring (bicyclic) bond motifs is 2. The molecule has 2 saturated heterocycles. The fourth-order valence-corrected chi connectivity index (χ4v) is 2.89. The zero-order valence-corrected chi connectivity index (χ0v) is 10.5. The Labute approximate surface area is 103 Å². The van der Waals surface area contributed by atoms with E-state index in [-0.39, 0.29) is 5.91 Å². The molecule has 2 fully saturated rings. The fraction of sp³-hybridized carbons (Fsp3) is 0.769. The number of carbonyl (C=O) groups is 1. The van der Waals surface area contributed by atoms with Gasteiger partial charge in [0.05, 0.1) is 13.1 Å². The van der Waals surface area contributed by atoms with Crippen LogP contribution < -0.4 is 5.32 Å². The Morgan fingerprint density at radius 2 is 2.18 bits per heavy atom. The number of terminal acetylenes is 1. The summed E-state index contributed by atoms with van der Waals surface area (Å²) in [7, 11) is 2.19. The fourth-order valence-electron chi connectivity index (χ4n) is 2.89. The Bertz CT molecular complexity index is 323. The number of nitrogens with one attached hydrogen (secondary N) is 1. The van der Waals surface area contributed by atoms with Gasteiger partial charge in [-0.2, -0.15) is 0 Å². The largest absolute Gasteiger partial charge is 0.340 e. The van der Waals surface area contributed by atoms with Crippen LogP contribution in [0.25, 0.3) is 0 Å². The Hall–Kier alpha value is -1.05. The number of likely N-dealkylation sites (N-methyl/N-ethyl adjacent to an activating group) is 1. The smallest absolute Gasteiger partial charge is 0.236 e. The van der Waals surface area contributed by atoms with E-state index in [4.69, 9.17) is 6.42 Å². The van der Waals surface area contributed by atoms with E-state index < -0.39 is 0 Å². The van der Waals surface area contributed by atoms with Gasteiger partial charge in [-0.1, -0.05) is 5.92 Å². The molecule has 1 N–H and O–H groups in total. The third-order valence-corrected chi connectivity index (χ3v) is 4.00. The van der Waals surface area contributed by atoms with Crippen molar-refractivity contribution in [3.63, 3.8) is 0 Å². The molecule has 0 spiro atoms. The third-order valence-electron chi connectivity index (χ3n) is 4.00. The van der Waals surface area contributed by atoms with Crippen molar-refractivity contribution in [3.05, 3.63) is 0 Å². The van der Waals surface area contributed by atoms with Crippen LogP contribution >= 0.6 is 0 Å². The molecule has 0 aliphatic carbocycles. The Kier molecular flexibility index (Phi) is 4.03. The van der Waals surface area contributed by atoms with Crippen LogP contribution in [0, 0.1) is 12.3 Å². The molecule has 1 amide bonds. The molecule has 2 rings (SSSR count). The number of amides is 1. The summed E-state index contributed by atoms with van der Waals surface area (Å²) < 4.78 is 0. The first kappa shape index (κ1) is 12.4. The molecule has 2 aliphatic heterocycles. The highest BCUT2D eigenvalue weighted by Crippen LogP contribution is 2.28. The molecule has 0 aromatic heterocycles. The van der Waals surface area contributed by atoms with Gasteiger partial charge in [-0.05, 0) is 26.3 Å². The maximum absolute atomic E-state index is 12.0. The molecule has 2 bridgehead atoms. The Morgan fingerprint density at radius 3 is 2.94 bits per heavy atom. The highest BCUT2D eigenvalue weighted by molar-refractivity contribution is 5.78. The molecule has 2 heterocycles. The average molecular weight is 235 g/mol. The summed E-state index contributed by atoms with van der Waals surface area (Å²) >= 11 is 0. The SMILES string of the molecule is C#CCNCC(=O)N1CCC2CCC(C1)N2C. The lowest BCUT2D eigenvalue weighted by atomic mass is 10.1. The van der Waals surface area contributed by atoms with Gasteiger partial charge in [-0.25, -0.2) is 0 Å². The van der Waals surface area contributed by atoms with Gasteiger partial charge in [0.1, 0.15) is 0 Å². The van der Waals surface area contributed by atoms with Crippen molar-refractivity contribution >= 4 is 5.91 Å². The minimum atomic E-state index is 0.182. The van der Waals surface area contributed by atoms with E-state index in [9.17, 15) is 4.79 Å². The van der Waals surface area contributed by atoms with Crippen molar-refractivity contribution in [2.24, 2.45) is 0 Å². The lowest BCUT2D eigenvalue weighted by Crippen LogP contribution is -2.43. The predicted octanol–water partition coefficient (Wildman–Crippen LogP) is -0.0957. The molecule has 4 nitrogen and oxygen atoms in total. The summed E-state index contributed by atoms with van der Waals surface area (Å²) in [5.74, 6) is 2.66. The summed E-state index contributed by atoms with van der Waals surface area (Å²) in [6.07, 6.45) is 8.76. The number of carbonyl (C=O) groups excluding carboxylic acids is 1. The van der Waals surface area contributed by atoms with Crippen molar-refractivity contribution < 1.29 is 4.79 Å². The molecule has 17 heavy (non-hydrogen) atoms. The quantitative estimate of drug-likeness (QED) is 0.548. The molecule has 2 aliphatic rings. The number of nitrogens with zero attached hydrogens (tertiary/aromatic N) is 2. The first-order valence-electron chi connectivity index (χ1n) is 6.36. The summed E-state index contributed by atoms with van der Waals surface area (Å²) in [5, 5.41) is 2.97. The second kappa shape index (κ2) is 5.52. The molecule has 0 saturated carbocycles. The number of rotatable bonds is 3. The van der Waals surface area contributed by atoms with Crippen molar-refractivity contribution in [3.8, 4) is 12.3 Å². The van der Waals surface area contributed by atoms with Crippen molar-refractivity contribution in [1.29, 1.82) is 0 Å². The highest BCUT2D eigenvalue weighted by atomic mass is 16.2. The Balaban J connectivity index is 1.86. The van der Waals surface area contributed by atoms with E-state index in [0.29, 0.717) is 25.2 Å². The van der Waals surface area contributed by atoms with Crippen LogP contribution in [0.4, 0.5) is 0 Å². The summed E-state index contributed by atoms with van der Waals surface area (Å²) in [6, 6.07) is 1.23. The summed E-state index contributed by atoms with van der Waals surface area (Å²) in [5.41, 5.74) is 0. The van der Waals surface area contributed by atoms with E-state index in [1.165, 1.54) is 12.8 Å². The third kappa shape index (κ3) is 2.80. The first-order valence-corrected chi connectivity index (χ1v) is 6.36. The van der Waals surface area contributed by atoms with Crippen LogP contribution in [0.3, 0.4) is 0 Å². The summed E-state index contributed by atoms with van der Waals surface area (Å²) in [4.78, 5) is 16.4. The molecule has 2 unspecified atom stereocenters. The normalized spacial score (nSPS) is 28.8. The molecule has 2 atom stereocenters. The molecule has 0 radical (unpaired) electrons. The van der Waals surface area contributed by atoms with Crippen LogP contribution in [0.2, 0.25) is 0 Å². The maximum Gasteiger partial charge on any atom is 0.236 e. The zero-order valence-electron chi connectivity index (χ0n) is 10.5. The lowest BCUT2D eigenvalue weighted by molar-refractivity contribution is -0.130. The van der Waals surface area contributed by atoms with Crippen LogP contribution in [-0.4, -0.2) is 61.0 Å². The van der Waals surface area contributed by atoms with Gasteiger partial charge < -0.3 is 4.90 Å². The molecule has 0 aromatic carbocycles. The first-order chi connectivity index (χ1) is 8.22. The van der Waals surface area contributed by atoms with Gasteiger partial charge in [-0.15, -0.1) is 6.42 Å². The number of likely N-dealkylation sites (tertiary alicyclic amines) is 1. The Morgan fingerprint density at radius 1 is 1.41 bits per heavy atom. The van der Waals surface area contributed by atoms with Gasteiger partial charge in [-0.3, -0.25) is 15.0 Å². The van der Waals surface area contributed by atoms with Crippen LogP contribution in [-0.2, 0) is 4.79 Å². The predicted molar refractivity (Wildman–Crippen MR) is 67.5 cm³/mol. The van der Waals surface area contributed by atoms with Gasteiger partial charge >= 0.3 is 0 Å². The molecular formula is C13H21N3O. The standard InChI is InChI=1S/C13H21N3O/c1-3-7-14-9-13(17)16-8-6-11-4-5-12(10-16)15(11)2/h1,11-12,14H,4-10H2,2H3. The van der Waals surface area contributed by atoms with Crippen LogP contribution in [0.5, 0.6) is 0 Å². The average Bonchev–Trinajstić information content (AvgIpc) is 2.53. The zero-order chi connectivity index (χ0) is 12.3. The van der Waals surface area contributed by atoms with Crippen molar-refractivity contribution in [1.82, 2.24) is 15.1 Å². The highest BCUT2D eigenvalue weighted by Gasteiger charge is 2.35. The molecule has 4 heteroatoms. The minimum Gasteiger partial charge on any atom is -0.340 e. The van der Waals surface area contributed by atoms with E-state index in [2.05, 4.69) is 23.2 Å². The van der Waals surface area contributed by atoms with Gasteiger partial charge in [0, 0.05) is 25.2 Å². The minimum absolute atomic E-state index is 0.182. The van der Waals surface area contributed by atoms with Crippen molar-refractivity contribution in [2.45, 2.75) is 31.3 Å². The second-order valence-corrected chi connectivity index (χ2v) is 4.99. The van der Waals surface area contributed by atoms with Gasteiger partial charge in [0.25, 0.3) is 0 Å². The van der Waals surface area contributed by atoms with E-state index in [1.54, 1.807) is 0 Å². The molecular weight excluding hydrogens is 214 g/mol. The monoisotopic (exact) mass is 235 g/mol. The number of hydrogen-bond acceptors (Lipinski definition) is 3. The molecule has 0 aromatic rings. The van der Waals surface area contributed by atoms with Crippen molar-refractivity contribution in [2.75, 3.05) is 33.2 Å². The lowest BCUT2D eigenvalue weighted by Gasteiger charge is -2.25. The number of hydrogen-bond donors (Lipinski definition) is 1. The van der Waals surface area contributed by atoms with E-state index >= 15 is 0 Å². The van der Waals surface area contributed by atoms with Crippen LogP contribution in [0.15, 0.2) is 0 Å². The van der Waals surface area contributed by atoms with Gasteiger partial charge in [0.15, 0.2) is 0 Å². The van der Waals surface area contributed by atoms with Gasteiger partial charge in [0.2, 0.25) is 5.91 Å². The van der Waals surface area contributed by atoms with Crippen LogP contribution in [0.1, 0.15) is 19.3 Å². The topological polar surface area (TPSA) is 35.6 Å².